The topological polar surface area (TPSA) is 92.0 Å². The molecule has 2 aliphatic rings. The molecule has 8 nitrogen and oxygen atoms in total. The van der Waals surface area contributed by atoms with E-state index < -0.39 is 6.17 Å². The second kappa shape index (κ2) is 6.21. The van der Waals surface area contributed by atoms with Crippen molar-refractivity contribution in [3.8, 4) is 5.75 Å². The lowest BCUT2D eigenvalue weighted by molar-refractivity contribution is 0.0675. The fourth-order valence-corrected chi connectivity index (χ4v) is 3.04. The molecular weight excluding hydrogens is 322 g/mol. The number of hydrogen-bond acceptors (Lipinski definition) is 7. The van der Waals surface area contributed by atoms with Crippen LogP contribution in [0.4, 0.5) is 5.95 Å². The van der Waals surface area contributed by atoms with Gasteiger partial charge in [-0.25, -0.2) is 9.98 Å². The van der Waals surface area contributed by atoms with E-state index in [1.54, 1.807) is 31.2 Å². The number of aromatic hydroxyl groups is 1. The summed E-state index contributed by atoms with van der Waals surface area (Å²) in [6.45, 7) is 4.52. The highest BCUT2D eigenvalue weighted by Crippen LogP contribution is 2.27. The van der Waals surface area contributed by atoms with Crippen molar-refractivity contribution in [2.24, 2.45) is 4.99 Å². The van der Waals surface area contributed by atoms with Crippen LogP contribution in [0.1, 0.15) is 17.4 Å². The van der Waals surface area contributed by atoms with Crippen molar-refractivity contribution in [2.75, 3.05) is 31.6 Å². The number of phenolic OH excluding ortho intramolecular Hbond substituents is 1. The Morgan fingerprint density at radius 3 is 2.68 bits per heavy atom. The molecule has 0 saturated carbocycles. The monoisotopic (exact) mass is 341 g/mol. The first-order chi connectivity index (χ1) is 12.1. The number of nitrogens with zero attached hydrogens (tertiary/aromatic N) is 4. The van der Waals surface area contributed by atoms with Crippen molar-refractivity contribution in [3.63, 3.8) is 0 Å². The highest BCUT2D eigenvalue weighted by Gasteiger charge is 2.28. The quantitative estimate of drug-likeness (QED) is 0.801. The minimum Gasteiger partial charge on any atom is -0.508 e. The number of morpholine rings is 1. The summed E-state index contributed by atoms with van der Waals surface area (Å²) in [7, 11) is 0. The molecule has 1 unspecified atom stereocenters. The zero-order valence-electron chi connectivity index (χ0n) is 13.8. The Kier molecular flexibility index (Phi) is 3.89. The predicted molar refractivity (Wildman–Crippen MR) is 92.9 cm³/mol. The molecule has 2 aliphatic heterocycles. The number of guanidine groups is 1. The molecule has 1 aromatic carbocycles. The van der Waals surface area contributed by atoms with E-state index in [1.165, 1.54) is 10.6 Å². The summed E-state index contributed by atoms with van der Waals surface area (Å²) in [5, 5.41) is 12.7. The number of anilines is 1. The lowest BCUT2D eigenvalue weighted by Gasteiger charge is -2.34. The van der Waals surface area contributed by atoms with Crippen molar-refractivity contribution < 1.29 is 9.84 Å². The van der Waals surface area contributed by atoms with Gasteiger partial charge < -0.3 is 14.7 Å². The average Bonchev–Trinajstić information content (AvgIpc) is 2.62. The molecule has 0 radical (unpaired) electrons. The number of aliphatic imine (C=N–C) groups is 1. The molecule has 0 spiro atoms. The van der Waals surface area contributed by atoms with Crippen LogP contribution in [0.3, 0.4) is 0 Å². The van der Waals surface area contributed by atoms with Crippen LogP contribution in [0.5, 0.6) is 5.75 Å². The molecule has 1 aromatic heterocycles. The number of hydrogen-bond donors (Lipinski definition) is 2. The fourth-order valence-electron chi connectivity index (χ4n) is 3.04. The number of fused-ring (bicyclic) bond motifs is 1. The third kappa shape index (κ3) is 2.96. The lowest BCUT2D eigenvalue weighted by atomic mass is 10.1. The first kappa shape index (κ1) is 15.6. The molecule has 4 rings (SSSR count). The molecule has 25 heavy (non-hydrogen) atoms. The number of rotatable bonds is 1. The maximum atomic E-state index is 12.5. The van der Waals surface area contributed by atoms with Gasteiger partial charge in [0.2, 0.25) is 11.9 Å². The lowest BCUT2D eigenvalue weighted by Crippen LogP contribution is -2.47. The van der Waals surface area contributed by atoms with E-state index in [1.807, 2.05) is 0 Å². The number of ether oxygens (including phenoxy) is 1. The summed E-state index contributed by atoms with van der Waals surface area (Å²) in [5.74, 6) is 1.32. The Morgan fingerprint density at radius 1 is 1.24 bits per heavy atom. The smallest absolute Gasteiger partial charge is 0.257 e. The summed E-state index contributed by atoms with van der Waals surface area (Å²) in [6.07, 6.45) is -0.532. The molecule has 0 amide bonds. The Balaban J connectivity index is 1.82. The highest BCUT2D eigenvalue weighted by molar-refractivity contribution is 5.93. The third-order valence-corrected chi connectivity index (χ3v) is 4.29. The molecule has 2 N–H and O–H groups in total. The molecule has 130 valence electrons. The van der Waals surface area contributed by atoms with E-state index in [9.17, 15) is 9.90 Å². The first-order valence-electron chi connectivity index (χ1n) is 8.18. The Morgan fingerprint density at radius 2 is 1.96 bits per heavy atom. The van der Waals surface area contributed by atoms with E-state index in [0.29, 0.717) is 30.8 Å². The molecule has 0 aliphatic carbocycles. The predicted octanol–water partition coefficient (Wildman–Crippen LogP) is 0.918. The second-order valence-corrected chi connectivity index (χ2v) is 6.07. The maximum Gasteiger partial charge on any atom is 0.257 e. The molecule has 1 saturated heterocycles. The van der Waals surface area contributed by atoms with Crippen molar-refractivity contribution >= 4 is 11.9 Å². The van der Waals surface area contributed by atoms with Gasteiger partial charge in [-0.15, -0.1) is 0 Å². The molecule has 3 heterocycles. The fraction of sp³-hybridized carbons (Fsp3) is 0.353. The van der Waals surface area contributed by atoms with E-state index in [-0.39, 0.29) is 11.3 Å². The molecule has 0 bridgehead atoms. The summed E-state index contributed by atoms with van der Waals surface area (Å²) >= 11 is 0. The van der Waals surface area contributed by atoms with Gasteiger partial charge in [-0.3, -0.25) is 14.7 Å². The zero-order chi connectivity index (χ0) is 17.4. The van der Waals surface area contributed by atoms with Gasteiger partial charge in [-0.05, 0) is 24.6 Å². The van der Waals surface area contributed by atoms with Gasteiger partial charge in [0.25, 0.3) is 5.56 Å². The second-order valence-electron chi connectivity index (χ2n) is 6.07. The zero-order valence-corrected chi connectivity index (χ0v) is 13.8. The van der Waals surface area contributed by atoms with Crippen molar-refractivity contribution in [1.29, 1.82) is 0 Å². The van der Waals surface area contributed by atoms with Crippen LogP contribution in [-0.4, -0.2) is 51.8 Å². The number of nitrogens with one attached hydrogen (secondary N) is 1. The van der Waals surface area contributed by atoms with Gasteiger partial charge in [0, 0.05) is 24.8 Å². The summed E-state index contributed by atoms with van der Waals surface area (Å²) in [5.41, 5.74) is 1.29. The molecule has 1 fully saturated rings. The van der Waals surface area contributed by atoms with E-state index >= 15 is 0 Å². The third-order valence-electron chi connectivity index (χ3n) is 4.29. The van der Waals surface area contributed by atoms with Crippen LogP contribution >= 0.6 is 0 Å². The van der Waals surface area contributed by atoms with Gasteiger partial charge in [0.05, 0.1) is 13.2 Å². The molecular formula is C17H19N5O3. The standard InChI is InChI=1S/C17H19N5O3/c1-11-10-14(24)22-15(12-2-4-13(23)5-3-12)19-16(20-17(22)18-11)21-6-8-25-9-7-21/h2-5,10,15,23H,6-9H2,1H3,(H,18,19,20). The van der Waals surface area contributed by atoms with Crippen LogP contribution in [0.25, 0.3) is 0 Å². The highest BCUT2D eigenvalue weighted by atomic mass is 16.5. The molecule has 1 atom stereocenters. The SMILES string of the molecule is Cc1cc(=O)n2c(n1)NC(N1CCOCC1)=NC2c1ccc(O)cc1. The van der Waals surface area contributed by atoms with E-state index in [2.05, 4.69) is 15.2 Å². The van der Waals surface area contributed by atoms with Crippen LogP contribution in [0.2, 0.25) is 0 Å². The van der Waals surface area contributed by atoms with Gasteiger partial charge in [0.1, 0.15) is 5.75 Å². The van der Waals surface area contributed by atoms with Crippen molar-refractivity contribution in [3.05, 3.63) is 51.9 Å². The Labute approximate surface area is 144 Å². The number of aryl methyl sites for hydroxylation is 1. The summed E-state index contributed by atoms with van der Waals surface area (Å²) in [4.78, 5) is 23.9. The normalized spacial score (nSPS) is 19.8. The Bertz CT molecular complexity index is 869. The van der Waals surface area contributed by atoms with Crippen LogP contribution in [0, 0.1) is 6.92 Å². The van der Waals surface area contributed by atoms with Crippen LogP contribution in [-0.2, 0) is 4.74 Å². The number of phenols is 1. The maximum absolute atomic E-state index is 12.5. The molecule has 2 aromatic rings. The van der Waals surface area contributed by atoms with Gasteiger partial charge in [-0.2, -0.15) is 0 Å². The minimum absolute atomic E-state index is 0.169. The Hall–Kier alpha value is -2.87. The van der Waals surface area contributed by atoms with Crippen LogP contribution in [0.15, 0.2) is 40.1 Å². The van der Waals surface area contributed by atoms with E-state index in [0.717, 1.165) is 18.7 Å². The van der Waals surface area contributed by atoms with E-state index in [4.69, 9.17) is 9.73 Å². The summed E-state index contributed by atoms with van der Waals surface area (Å²) in [6, 6.07) is 8.21. The average molecular weight is 341 g/mol. The summed E-state index contributed by atoms with van der Waals surface area (Å²) < 4.78 is 6.93. The van der Waals surface area contributed by atoms with Gasteiger partial charge >= 0.3 is 0 Å². The minimum atomic E-state index is -0.532. The van der Waals surface area contributed by atoms with Gasteiger partial charge in [-0.1, -0.05) is 12.1 Å². The molecule has 8 heteroatoms. The van der Waals surface area contributed by atoms with Crippen molar-refractivity contribution in [1.82, 2.24) is 14.5 Å². The largest absolute Gasteiger partial charge is 0.508 e. The number of benzene rings is 1. The van der Waals surface area contributed by atoms with Crippen LogP contribution < -0.4 is 10.9 Å². The van der Waals surface area contributed by atoms with Crippen molar-refractivity contribution in [2.45, 2.75) is 13.1 Å². The van der Waals surface area contributed by atoms with Gasteiger partial charge in [0.15, 0.2) is 6.17 Å². The number of aromatic nitrogens is 2. The first-order valence-corrected chi connectivity index (χ1v) is 8.18.